The maximum atomic E-state index is 14.9. The molecule has 36 heavy (non-hydrogen) atoms. The molecule has 4 aromatic rings. The SMILES string of the molecule is Cc1nc2c(-c3ccc(Cl)cc3F)nc(N3CCN(C(=O)C(C)c4ccn[nH]4)CC3)cn2c(=O)c1C. The molecular weight excluding hydrogens is 485 g/mol. The Balaban J connectivity index is 1.50. The summed E-state index contributed by atoms with van der Waals surface area (Å²) in [5.74, 6) is -0.355. The van der Waals surface area contributed by atoms with Crippen LogP contribution in [0.2, 0.25) is 5.02 Å². The predicted octanol–water partition coefficient (Wildman–Crippen LogP) is 3.34. The fourth-order valence-corrected chi connectivity index (χ4v) is 4.57. The summed E-state index contributed by atoms with van der Waals surface area (Å²) in [4.78, 5) is 39.2. The number of rotatable bonds is 4. The van der Waals surface area contributed by atoms with Crippen LogP contribution < -0.4 is 10.5 Å². The maximum absolute atomic E-state index is 14.9. The van der Waals surface area contributed by atoms with E-state index in [2.05, 4.69) is 15.2 Å². The molecule has 1 atom stereocenters. The van der Waals surface area contributed by atoms with Gasteiger partial charge in [-0.25, -0.2) is 14.4 Å². The van der Waals surface area contributed by atoms with Crippen molar-refractivity contribution >= 4 is 29.0 Å². The van der Waals surface area contributed by atoms with Gasteiger partial charge >= 0.3 is 0 Å². The number of halogens is 2. The molecule has 1 aliphatic heterocycles. The Morgan fingerprint density at radius 3 is 2.56 bits per heavy atom. The monoisotopic (exact) mass is 509 g/mol. The molecule has 0 aliphatic carbocycles. The third kappa shape index (κ3) is 4.21. The number of anilines is 1. The van der Waals surface area contributed by atoms with Crippen LogP contribution in [0.3, 0.4) is 0 Å². The average molecular weight is 510 g/mol. The van der Waals surface area contributed by atoms with Gasteiger partial charge in [-0.05, 0) is 45.0 Å². The number of amides is 1. The lowest BCUT2D eigenvalue weighted by molar-refractivity contribution is -0.132. The Bertz CT molecular complexity index is 1510. The molecule has 0 saturated carbocycles. The normalized spacial score (nSPS) is 14.9. The second-order valence-electron chi connectivity index (χ2n) is 8.94. The number of hydrogen-bond donors (Lipinski definition) is 1. The molecule has 1 aromatic carbocycles. The first-order chi connectivity index (χ1) is 17.2. The van der Waals surface area contributed by atoms with Crippen LogP contribution in [0.4, 0.5) is 10.2 Å². The van der Waals surface area contributed by atoms with Crippen LogP contribution in [0.5, 0.6) is 0 Å². The number of H-pyrrole nitrogens is 1. The third-order valence-corrected chi connectivity index (χ3v) is 6.96. The van der Waals surface area contributed by atoms with E-state index in [9.17, 15) is 14.0 Å². The topological polar surface area (TPSA) is 99.5 Å². The summed E-state index contributed by atoms with van der Waals surface area (Å²) in [5, 5.41) is 7.05. The standard InChI is InChI=1S/C25H25ClFN7O2/c1-14-16(3)29-23-22(18-5-4-17(26)12-19(18)27)30-21(13-34(23)25(14)36)32-8-10-33(11-9-32)24(35)15(2)20-6-7-28-31-20/h4-7,12-13,15H,8-11H2,1-3H3,(H,28,31). The first-order valence-electron chi connectivity index (χ1n) is 11.6. The quantitative estimate of drug-likeness (QED) is 0.453. The summed E-state index contributed by atoms with van der Waals surface area (Å²) in [6, 6.07) is 6.13. The molecule has 1 unspecified atom stereocenters. The number of benzene rings is 1. The Morgan fingerprint density at radius 2 is 1.89 bits per heavy atom. The van der Waals surface area contributed by atoms with Crippen molar-refractivity contribution in [1.29, 1.82) is 0 Å². The van der Waals surface area contributed by atoms with Crippen molar-refractivity contribution in [2.75, 3.05) is 31.1 Å². The van der Waals surface area contributed by atoms with Crippen molar-refractivity contribution < 1.29 is 9.18 Å². The molecule has 9 nitrogen and oxygen atoms in total. The van der Waals surface area contributed by atoms with E-state index < -0.39 is 5.82 Å². The molecule has 1 amide bonds. The molecular formula is C25H25ClFN7O2. The minimum Gasteiger partial charge on any atom is -0.352 e. The molecule has 1 fully saturated rings. The van der Waals surface area contributed by atoms with E-state index in [-0.39, 0.29) is 39.3 Å². The van der Waals surface area contributed by atoms with E-state index in [1.807, 2.05) is 16.7 Å². The number of carbonyl (C=O) groups excluding carboxylic acids is 1. The molecule has 5 rings (SSSR count). The maximum Gasteiger partial charge on any atom is 0.261 e. The first kappa shape index (κ1) is 23.9. The first-order valence-corrected chi connectivity index (χ1v) is 12.0. The van der Waals surface area contributed by atoms with Gasteiger partial charge in [-0.3, -0.25) is 19.1 Å². The summed E-state index contributed by atoms with van der Waals surface area (Å²) in [6.07, 6.45) is 3.27. The van der Waals surface area contributed by atoms with Gasteiger partial charge in [0.2, 0.25) is 5.91 Å². The summed E-state index contributed by atoms with van der Waals surface area (Å²) >= 11 is 5.96. The number of fused-ring (bicyclic) bond motifs is 1. The number of aromatic nitrogens is 5. The average Bonchev–Trinajstić information content (AvgIpc) is 3.42. The van der Waals surface area contributed by atoms with Crippen LogP contribution in [0.1, 0.15) is 29.8 Å². The molecule has 0 radical (unpaired) electrons. The van der Waals surface area contributed by atoms with Crippen LogP contribution in [-0.2, 0) is 4.79 Å². The lowest BCUT2D eigenvalue weighted by Crippen LogP contribution is -2.50. The van der Waals surface area contributed by atoms with E-state index in [1.165, 1.54) is 10.5 Å². The molecule has 0 spiro atoms. The van der Waals surface area contributed by atoms with Gasteiger partial charge in [0.15, 0.2) is 5.65 Å². The largest absolute Gasteiger partial charge is 0.352 e. The molecule has 1 saturated heterocycles. The van der Waals surface area contributed by atoms with Gasteiger partial charge in [0, 0.05) is 59.9 Å². The number of piperazine rings is 1. The highest BCUT2D eigenvalue weighted by atomic mass is 35.5. The van der Waals surface area contributed by atoms with Gasteiger partial charge in [-0.15, -0.1) is 0 Å². The van der Waals surface area contributed by atoms with Gasteiger partial charge in [0.1, 0.15) is 17.3 Å². The van der Waals surface area contributed by atoms with Gasteiger partial charge in [-0.2, -0.15) is 5.10 Å². The Labute approximate surface area is 211 Å². The number of nitrogens with one attached hydrogen (secondary N) is 1. The fraction of sp³-hybridized carbons (Fsp3) is 0.320. The van der Waals surface area contributed by atoms with Crippen LogP contribution >= 0.6 is 11.6 Å². The minimum absolute atomic E-state index is 0.0146. The Hall–Kier alpha value is -3.79. The Morgan fingerprint density at radius 1 is 1.14 bits per heavy atom. The summed E-state index contributed by atoms with van der Waals surface area (Å²) < 4.78 is 16.4. The zero-order valence-corrected chi connectivity index (χ0v) is 20.9. The van der Waals surface area contributed by atoms with Gasteiger partial charge in [-0.1, -0.05) is 11.6 Å². The predicted molar refractivity (Wildman–Crippen MR) is 135 cm³/mol. The molecule has 186 valence electrons. The van der Waals surface area contributed by atoms with E-state index in [0.717, 1.165) is 5.69 Å². The number of aryl methyl sites for hydroxylation is 1. The van der Waals surface area contributed by atoms with E-state index >= 15 is 0 Å². The summed E-state index contributed by atoms with van der Waals surface area (Å²) in [7, 11) is 0. The van der Waals surface area contributed by atoms with Crippen molar-refractivity contribution in [2.24, 2.45) is 0 Å². The molecule has 11 heteroatoms. The number of aromatic amines is 1. The lowest BCUT2D eigenvalue weighted by atomic mass is 10.1. The highest BCUT2D eigenvalue weighted by Crippen LogP contribution is 2.29. The molecule has 4 heterocycles. The highest BCUT2D eigenvalue weighted by molar-refractivity contribution is 6.30. The minimum atomic E-state index is -0.551. The Kier molecular flexibility index (Phi) is 6.21. The van der Waals surface area contributed by atoms with Gasteiger partial charge in [0.05, 0.1) is 12.1 Å². The van der Waals surface area contributed by atoms with Crippen LogP contribution in [-0.4, -0.2) is 61.6 Å². The van der Waals surface area contributed by atoms with Crippen molar-refractivity contribution in [1.82, 2.24) is 29.5 Å². The van der Waals surface area contributed by atoms with Crippen LogP contribution in [0.25, 0.3) is 16.9 Å². The highest BCUT2D eigenvalue weighted by Gasteiger charge is 2.28. The van der Waals surface area contributed by atoms with Crippen molar-refractivity contribution in [2.45, 2.75) is 26.7 Å². The third-order valence-electron chi connectivity index (χ3n) is 6.73. The molecule has 0 bridgehead atoms. The fourth-order valence-electron chi connectivity index (χ4n) is 4.41. The summed E-state index contributed by atoms with van der Waals surface area (Å²) in [6.45, 7) is 7.30. The smallest absolute Gasteiger partial charge is 0.261 e. The zero-order chi connectivity index (χ0) is 25.6. The number of carbonyl (C=O) groups is 1. The van der Waals surface area contributed by atoms with E-state index in [1.54, 1.807) is 44.4 Å². The van der Waals surface area contributed by atoms with Crippen LogP contribution in [0, 0.1) is 19.7 Å². The second-order valence-corrected chi connectivity index (χ2v) is 9.38. The lowest BCUT2D eigenvalue weighted by Gasteiger charge is -2.36. The number of nitrogens with zero attached hydrogens (tertiary/aromatic N) is 6. The van der Waals surface area contributed by atoms with E-state index in [0.29, 0.717) is 43.3 Å². The molecule has 1 N–H and O–H groups in total. The second kappa shape index (κ2) is 9.34. The molecule has 3 aromatic heterocycles. The van der Waals surface area contributed by atoms with E-state index in [4.69, 9.17) is 16.6 Å². The zero-order valence-electron chi connectivity index (χ0n) is 20.1. The van der Waals surface area contributed by atoms with Crippen molar-refractivity contribution in [3.63, 3.8) is 0 Å². The van der Waals surface area contributed by atoms with Crippen LogP contribution in [0.15, 0.2) is 41.5 Å². The van der Waals surface area contributed by atoms with Crippen molar-refractivity contribution in [3.05, 3.63) is 74.8 Å². The molecule has 1 aliphatic rings. The summed E-state index contributed by atoms with van der Waals surface area (Å²) in [5.41, 5.74) is 2.34. The van der Waals surface area contributed by atoms with Gasteiger partial charge in [0.25, 0.3) is 5.56 Å². The van der Waals surface area contributed by atoms with Crippen molar-refractivity contribution in [3.8, 4) is 11.3 Å². The van der Waals surface area contributed by atoms with Gasteiger partial charge < -0.3 is 9.80 Å². The number of hydrogen-bond acceptors (Lipinski definition) is 6.